The molecule has 3 N–H and O–H groups in total. The molecule has 0 unspecified atom stereocenters. The van der Waals surface area contributed by atoms with Gasteiger partial charge in [-0.1, -0.05) is 42.2 Å². The van der Waals surface area contributed by atoms with Gasteiger partial charge in [0.15, 0.2) is 5.78 Å². The van der Waals surface area contributed by atoms with E-state index in [1.54, 1.807) is 36.4 Å². The summed E-state index contributed by atoms with van der Waals surface area (Å²) < 4.78 is 5.89. The van der Waals surface area contributed by atoms with Gasteiger partial charge in [-0.2, -0.15) is 0 Å². The molecule has 6 heteroatoms. The summed E-state index contributed by atoms with van der Waals surface area (Å²) in [6.45, 7) is 5.09. The van der Waals surface area contributed by atoms with Crippen molar-refractivity contribution in [1.29, 1.82) is 0 Å². The summed E-state index contributed by atoms with van der Waals surface area (Å²) in [6, 6.07) is 19.8. The molecule has 0 bridgehead atoms. The SMILES string of the molecule is CC(=O)c1cccc(C#Cc2ccc(OC(C)C)c(C(=O)N[C@@H](CO)Cc3c[nH]c4ccccc34)c2)c1. The molecule has 0 spiro atoms. The molecule has 3 aromatic carbocycles. The van der Waals surface area contributed by atoms with Gasteiger partial charge in [-0.25, -0.2) is 0 Å². The molecule has 1 amide bonds. The van der Waals surface area contributed by atoms with Gasteiger partial charge in [0.05, 0.1) is 24.3 Å². The van der Waals surface area contributed by atoms with Gasteiger partial charge in [0.1, 0.15) is 5.75 Å². The van der Waals surface area contributed by atoms with E-state index < -0.39 is 6.04 Å². The maximum absolute atomic E-state index is 13.4. The molecule has 0 radical (unpaired) electrons. The molecule has 0 aliphatic rings. The first-order valence-electron chi connectivity index (χ1n) is 12.2. The van der Waals surface area contributed by atoms with E-state index in [0.29, 0.717) is 34.4 Å². The lowest BCUT2D eigenvalue weighted by Gasteiger charge is -2.19. The Hall–Kier alpha value is -4.34. The van der Waals surface area contributed by atoms with Gasteiger partial charge < -0.3 is 20.1 Å². The second-order valence-electron chi connectivity index (χ2n) is 9.18. The molecule has 37 heavy (non-hydrogen) atoms. The number of aromatic amines is 1. The number of amides is 1. The lowest BCUT2D eigenvalue weighted by molar-refractivity contribution is 0.0910. The minimum Gasteiger partial charge on any atom is -0.490 e. The number of H-pyrrole nitrogens is 1. The third-order valence-corrected chi connectivity index (χ3v) is 5.90. The summed E-state index contributed by atoms with van der Waals surface area (Å²) in [5.41, 5.74) is 4.30. The highest BCUT2D eigenvalue weighted by molar-refractivity contribution is 5.97. The zero-order valence-electron chi connectivity index (χ0n) is 21.2. The van der Waals surface area contributed by atoms with Crippen molar-refractivity contribution < 1.29 is 19.4 Å². The largest absolute Gasteiger partial charge is 0.490 e. The first-order valence-corrected chi connectivity index (χ1v) is 12.2. The number of fused-ring (bicyclic) bond motifs is 1. The van der Waals surface area contributed by atoms with Gasteiger partial charge in [-0.05, 0) is 69.2 Å². The number of ketones is 1. The second-order valence-corrected chi connectivity index (χ2v) is 9.18. The topological polar surface area (TPSA) is 91.4 Å². The Bertz CT molecular complexity index is 1490. The molecular weight excluding hydrogens is 464 g/mol. The Balaban J connectivity index is 1.58. The molecule has 0 fully saturated rings. The van der Waals surface area contributed by atoms with Crippen LogP contribution in [0.2, 0.25) is 0 Å². The van der Waals surface area contributed by atoms with Crippen LogP contribution >= 0.6 is 0 Å². The van der Waals surface area contributed by atoms with Crippen LogP contribution in [0.4, 0.5) is 0 Å². The Labute approximate surface area is 216 Å². The second kappa shape index (κ2) is 11.6. The van der Waals surface area contributed by atoms with Gasteiger partial charge >= 0.3 is 0 Å². The molecule has 0 saturated carbocycles. The number of rotatable bonds is 8. The van der Waals surface area contributed by atoms with Crippen molar-refractivity contribution in [2.24, 2.45) is 0 Å². The molecule has 4 rings (SSSR count). The maximum atomic E-state index is 13.4. The van der Waals surface area contributed by atoms with Crippen LogP contribution in [0.15, 0.2) is 72.9 Å². The van der Waals surface area contributed by atoms with E-state index in [1.165, 1.54) is 6.92 Å². The predicted octanol–water partition coefficient (Wildman–Crippen LogP) is 4.89. The number of carbonyl (C=O) groups is 2. The molecule has 188 valence electrons. The fourth-order valence-electron chi connectivity index (χ4n) is 4.09. The van der Waals surface area contributed by atoms with Gasteiger partial charge in [0, 0.05) is 33.8 Å². The number of aromatic nitrogens is 1. The van der Waals surface area contributed by atoms with Crippen molar-refractivity contribution >= 4 is 22.6 Å². The zero-order chi connectivity index (χ0) is 26.4. The van der Waals surface area contributed by atoms with E-state index in [-0.39, 0.29) is 24.4 Å². The zero-order valence-corrected chi connectivity index (χ0v) is 21.2. The van der Waals surface area contributed by atoms with Gasteiger partial charge in [0.25, 0.3) is 5.91 Å². The number of hydrogen-bond acceptors (Lipinski definition) is 4. The van der Waals surface area contributed by atoms with E-state index in [9.17, 15) is 14.7 Å². The summed E-state index contributed by atoms with van der Waals surface area (Å²) in [4.78, 5) is 28.3. The first kappa shape index (κ1) is 25.7. The third kappa shape index (κ3) is 6.46. The minimum atomic E-state index is -0.484. The molecule has 0 saturated heterocycles. The summed E-state index contributed by atoms with van der Waals surface area (Å²) in [5, 5.41) is 14.0. The number of benzene rings is 3. The van der Waals surface area contributed by atoms with Crippen molar-refractivity contribution in [2.75, 3.05) is 6.61 Å². The minimum absolute atomic E-state index is 0.0242. The molecule has 0 aliphatic heterocycles. The quantitative estimate of drug-likeness (QED) is 0.240. The molecule has 4 aromatic rings. The normalized spacial score (nSPS) is 11.6. The summed E-state index contributed by atoms with van der Waals surface area (Å²) in [6.07, 6.45) is 2.25. The number of nitrogens with one attached hydrogen (secondary N) is 2. The van der Waals surface area contributed by atoms with E-state index in [2.05, 4.69) is 22.1 Å². The standard InChI is InChI=1S/C31H30N2O4/c1-20(2)37-30-14-13-23(12-11-22-7-6-8-24(15-22)21(3)35)16-28(30)31(36)33-26(19-34)17-25-18-32-29-10-5-4-9-27(25)29/h4-10,13-16,18,20,26,32,34H,17,19H2,1-3H3,(H,33,36)/t26-/m1/s1. The number of hydrogen-bond donors (Lipinski definition) is 3. The number of Topliss-reactive ketones (excluding diaryl/α,β-unsaturated/α-hetero) is 1. The Morgan fingerprint density at radius 3 is 2.49 bits per heavy atom. The van der Waals surface area contributed by atoms with E-state index in [0.717, 1.165) is 16.5 Å². The van der Waals surface area contributed by atoms with Gasteiger partial charge in [0.2, 0.25) is 0 Å². The fraction of sp³-hybridized carbons (Fsp3) is 0.226. The highest BCUT2D eigenvalue weighted by Gasteiger charge is 2.19. The predicted molar refractivity (Wildman–Crippen MR) is 145 cm³/mol. The van der Waals surface area contributed by atoms with Crippen molar-refractivity contribution in [3.8, 4) is 17.6 Å². The van der Waals surface area contributed by atoms with Gasteiger partial charge in [-0.15, -0.1) is 0 Å². The van der Waals surface area contributed by atoms with Crippen LogP contribution in [0.3, 0.4) is 0 Å². The number of aliphatic hydroxyl groups is 1. The number of ether oxygens (including phenoxy) is 1. The van der Waals surface area contributed by atoms with Crippen LogP contribution in [0.25, 0.3) is 10.9 Å². The fourth-order valence-corrected chi connectivity index (χ4v) is 4.09. The highest BCUT2D eigenvalue weighted by atomic mass is 16.5. The van der Waals surface area contributed by atoms with Crippen LogP contribution in [0.5, 0.6) is 5.75 Å². The average molecular weight is 495 g/mol. The average Bonchev–Trinajstić information content (AvgIpc) is 3.30. The molecule has 6 nitrogen and oxygen atoms in total. The maximum Gasteiger partial charge on any atom is 0.255 e. The first-order chi connectivity index (χ1) is 17.8. The monoisotopic (exact) mass is 494 g/mol. The van der Waals surface area contributed by atoms with Crippen LogP contribution < -0.4 is 10.1 Å². The Kier molecular flexibility index (Phi) is 8.07. The molecule has 1 atom stereocenters. The van der Waals surface area contributed by atoms with Gasteiger partial charge in [-0.3, -0.25) is 9.59 Å². The number of carbonyl (C=O) groups excluding carboxylic acids is 2. The van der Waals surface area contributed by atoms with Crippen molar-refractivity contribution in [3.05, 3.63) is 101 Å². The number of para-hydroxylation sites is 1. The summed E-state index contributed by atoms with van der Waals surface area (Å²) in [7, 11) is 0. The molecular formula is C31H30N2O4. The Morgan fingerprint density at radius 1 is 1.00 bits per heavy atom. The molecule has 0 aliphatic carbocycles. The summed E-state index contributed by atoms with van der Waals surface area (Å²) >= 11 is 0. The van der Waals surface area contributed by atoms with Crippen LogP contribution in [-0.2, 0) is 6.42 Å². The lowest BCUT2D eigenvalue weighted by atomic mass is 10.0. The van der Waals surface area contributed by atoms with E-state index in [4.69, 9.17) is 4.74 Å². The van der Waals surface area contributed by atoms with E-state index in [1.807, 2.05) is 50.4 Å². The van der Waals surface area contributed by atoms with Crippen LogP contribution in [0, 0.1) is 11.8 Å². The van der Waals surface area contributed by atoms with E-state index >= 15 is 0 Å². The molecule has 1 aromatic heterocycles. The van der Waals surface area contributed by atoms with Crippen molar-refractivity contribution in [1.82, 2.24) is 10.3 Å². The Morgan fingerprint density at radius 2 is 1.76 bits per heavy atom. The smallest absolute Gasteiger partial charge is 0.255 e. The van der Waals surface area contributed by atoms with Crippen molar-refractivity contribution in [2.45, 2.75) is 39.3 Å². The molecule has 1 heterocycles. The summed E-state index contributed by atoms with van der Waals surface area (Å²) in [5.74, 6) is 6.21. The third-order valence-electron chi connectivity index (χ3n) is 5.90. The van der Waals surface area contributed by atoms with Crippen molar-refractivity contribution in [3.63, 3.8) is 0 Å². The number of aliphatic hydroxyl groups excluding tert-OH is 1. The lowest BCUT2D eigenvalue weighted by Crippen LogP contribution is -2.39. The highest BCUT2D eigenvalue weighted by Crippen LogP contribution is 2.23. The van der Waals surface area contributed by atoms with Crippen LogP contribution in [0.1, 0.15) is 58.2 Å². The van der Waals surface area contributed by atoms with Crippen LogP contribution in [-0.4, -0.2) is 40.5 Å².